The van der Waals surface area contributed by atoms with Crippen LogP contribution >= 0.6 is 0 Å². The van der Waals surface area contributed by atoms with Crippen molar-refractivity contribution in [3.05, 3.63) is 28.3 Å². The van der Waals surface area contributed by atoms with Gasteiger partial charge in [-0.05, 0) is 6.07 Å². The first-order valence-electron chi connectivity index (χ1n) is 4.37. The molecule has 0 atom stereocenters. The third-order valence-electron chi connectivity index (χ3n) is 1.52. The molecule has 0 amide bonds. The molecule has 0 aliphatic carbocycles. The minimum atomic E-state index is -0.470. The Labute approximate surface area is 83.1 Å². The van der Waals surface area contributed by atoms with Crippen molar-refractivity contribution < 1.29 is 4.92 Å². The highest BCUT2D eigenvalue weighted by atomic mass is 16.6. The summed E-state index contributed by atoms with van der Waals surface area (Å²) in [7, 11) is 1.60. The minimum absolute atomic E-state index is 0.00231. The van der Waals surface area contributed by atoms with Gasteiger partial charge in [0, 0.05) is 13.1 Å². The largest absolute Gasteiger partial charge is 0.397 e. The first-order chi connectivity index (χ1) is 6.66. The van der Waals surface area contributed by atoms with Crippen LogP contribution in [0.4, 0.5) is 17.1 Å². The van der Waals surface area contributed by atoms with E-state index >= 15 is 0 Å². The van der Waals surface area contributed by atoms with Crippen molar-refractivity contribution >= 4 is 17.1 Å². The third kappa shape index (κ3) is 2.62. The summed E-state index contributed by atoms with van der Waals surface area (Å²) in [5, 5.41) is 13.1. The fourth-order valence-corrected chi connectivity index (χ4v) is 0.982. The number of nitrogens with one attached hydrogen (secondary N) is 1. The smallest absolute Gasteiger partial charge is 0.294 e. The Hall–Kier alpha value is -1.78. The van der Waals surface area contributed by atoms with Crippen LogP contribution in [-0.4, -0.2) is 12.0 Å². The Bertz CT molecular complexity index is 313. The van der Waals surface area contributed by atoms with E-state index in [9.17, 15) is 10.1 Å². The van der Waals surface area contributed by atoms with E-state index in [0.717, 1.165) is 0 Å². The normalized spacial score (nSPS) is 8.50. The van der Waals surface area contributed by atoms with Gasteiger partial charge in [-0.3, -0.25) is 10.1 Å². The van der Waals surface area contributed by atoms with Crippen molar-refractivity contribution in [2.45, 2.75) is 13.8 Å². The number of nitrogens with zero attached hydrogens (tertiary/aromatic N) is 1. The van der Waals surface area contributed by atoms with E-state index in [1.807, 2.05) is 13.8 Å². The number of nitro benzene ring substituents is 1. The summed E-state index contributed by atoms with van der Waals surface area (Å²) in [4.78, 5) is 9.97. The van der Waals surface area contributed by atoms with Crippen LogP contribution in [0.15, 0.2) is 18.2 Å². The summed E-state index contributed by atoms with van der Waals surface area (Å²) in [5.41, 5.74) is 6.25. The number of hydrogen-bond donors (Lipinski definition) is 2. The van der Waals surface area contributed by atoms with Gasteiger partial charge < -0.3 is 11.1 Å². The first-order valence-corrected chi connectivity index (χ1v) is 4.37. The van der Waals surface area contributed by atoms with Gasteiger partial charge >= 0.3 is 0 Å². The van der Waals surface area contributed by atoms with Gasteiger partial charge in [0.2, 0.25) is 0 Å². The van der Waals surface area contributed by atoms with Crippen LogP contribution in [0, 0.1) is 10.1 Å². The van der Waals surface area contributed by atoms with E-state index in [2.05, 4.69) is 5.32 Å². The molecular formula is C9H15N3O2. The average Bonchev–Trinajstić information content (AvgIpc) is 2.20. The number of benzene rings is 1. The van der Waals surface area contributed by atoms with E-state index < -0.39 is 4.92 Å². The first kappa shape index (κ1) is 12.2. The molecule has 0 radical (unpaired) electrons. The molecule has 5 nitrogen and oxygen atoms in total. The van der Waals surface area contributed by atoms with Crippen molar-refractivity contribution in [3.8, 4) is 0 Å². The summed E-state index contributed by atoms with van der Waals surface area (Å²) in [6, 6.07) is 4.56. The summed E-state index contributed by atoms with van der Waals surface area (Å²) in [6.45, 7) is 4.00. The second kappa shape index (κ2) is 5.80. The molecule has 0 saturated carbocycles. The van der Waals surface area contributed by atoms with Crippen LogP contribution in [-0.2, 0) is 0 Å². The monoisotopic (exact) mass is 197 g/mol. The Kier molecular flexibility index (Phi) is 5.06. The number of hydrogen-bond acceptors (Lipinski definition) is 4. The highest BCUT2D eigenvalue weighted by Crippen LogP contribution is 2.28. The maximum atomic E-state index is 10.4. The molecule has 1 rings (SSSR count). The van der Waals surface area contributed by atoms with Gasteiger partial charge in [0.05, 0.1) is 10.6 Å². The zero-order chi connectivity index (χ0) is 11.1. The third-order valence-corrected chi connectivity index (χ3v) is 1.52. The molecule has 0 aliphatic rings. The van der Waals surface area contributed by atoms with Crippen molar-refractivity contribution in [3.63, 3.8) is 0 Å². The number of nitro groups is 1. The van der Waals surface area contributed by atoms with Crippen LogP contribution < -0.4 is 11.1 Å². The maximum absolute atomic E-state index is 10.4. The molecule has 1 aromatic rings. The standard InChI is InChI=1S/C7H9N3O2.C2H6/c1-9-7-5(8)3-2-4-6(7)10(11)12;1-2/h2-4,9H,8H2,1H3;1-2H3. The number of para-hydroxylation sites is 1. The molecule has 0 unspecified atom stereocenters. The van der Waals surface area contributed by atoms with Crippen molar-refractivity contribution in [2.75, 3.05) is 18.1 Å². The predicted molar refractivity (Wildman–Crippen MR) is 58.4 cm³/mol. The molecule has 0 saturated heterocycles. The minimum Gasteiger partial charge on any atom is -0.397 e. The molecule has 78 valence electrons. The van der Waals surface area contributed by atoms with Crippen molar-refractivity contribution in [1.29, 1.82) is 0 Å². The van der Waals surface area contributed by atoms with Crippen LogP contribution in [0.1, 0.15) is 13.8 Å². The van der Waals surface area contributed by atoms with E-state index in [-0.39, 0.29) is 5.69 Å². The Morgan fingerprint density at radius 1 is 1.43 bits per heavy atom. The van der Waals surface area contributed by atoms with Gasteiger partial charge in [0.15, 0.2) is 0 Å². The SMILES string of the molecule is CC.CNc1c(N)cccc1[N+](=O)[O-]. The van der Waals surface area contributed by atoms with Crippen LogP contribution in [0.5, 0.6) is 0 Å². The second-order valence-corrected chi connectivity index (χ2v) is 2.25. The highest BCUT2D eigenvalue weighted by molar-refractivity contribution is 5.76. The Morgan fingerprint density at radius 2 is 2.00 bits per heavy atom. The fourth-order valence-electron chi connectivity index (χ4n) is 0.982. The lowest BCUT2D eigenvalue weighted by atomic mass is 10.2. The van der Waals surface area contributed by atoms with Crippen LogP contribution in [0.2, 0.25) is 0 Å². The Balaban J connectivity index is 0.000000791. The van der Waals surface area contributed by atoms with Gasteiger partial charge in [-0.15, -0.1) is 0 Å². The van der Waals surface area contributed by atoms with Crippen molar-refractivity contribution in [2.24, 2.45) is 0 Å². The molecule has 0 fully saturated rings. The lowest BCUT2D eigenvalue weighted by molar-refractivity contribution is -0.383. The van der Waals surface area contributed by atoms with Gasteiger partial charge in [-0.1, -0.05) is 19.9 Å². The van der Waals surface area contributed by atoms with E-state index in [1.54, 1.807) is 19.2 Å². The summed E-state index contributed by atoms with van der Waals surface area (Å²) in [6.07, 6.45) is 0. The molecule has 14 heavy (non-hydrogen) atoms. The second-order valence-electron chi connectivity index (χ2n) is 2.25. The number of rotatable bonds is 2. The van der Waals surface area contributed by atoms with E-state index in [0.29, 0.717) is 11.4 Å². The number of nitrogen functional groups attached to an aromatic ring is 1. The highest BCUT2D eigenvalue weighted by Gasteiger charge is 2.13. The van der Waals surface area contributed by atoms with Gasteiger partial charge in [0.25, 0.3) is 5.69 Å². The summed E-state index contributed by atoms with van der Waals surface area (Å²) in [5.74, 6) is 0. The summed E-state index contributed by atoms with van der Waals surface area (Å²) < 4.78 is 0. The average molecular weight is 197 g/mol. The quantitative estimate of drug-likeness (QED) is 0.433. The summed E-state index contributed by atoms with van der Waals surface area (Å²) >= 11 is 0. The molecule has 0 aromatic heterocycles. The topological polar surface area (TPSA) is 81.2 Å². The van der Waals surface area contributed by atoms with Gasteiger partial charge in [-0.2, -0.15) is 0 Å². The molecule has 1 aromatic carbocycles. The van der Waals surface area contributed by atoms with Gasteiger partial charge in [-0.25, -0.2) is 0 Å². The predicted octanol–water partition coefficient (Wildman–Crippen LogP) is 2.24. The molecule has 0 spiro atoms. The van der Waals surface area contributed by atoms with E-state index in [4.69, 9.17) is 5.73 Å². The maximum Gasteiger partial charge on any atom is 0.294 e. The number of anilines is 2. The van der Waals surface area contributed by atoms with Gasteiger partial charge in [0.1, 0.15) is 5.69 Å². The lowest BCUT2D eigenvalue weighted by Crippen LogP contribution is -2.00. The lowest BCUT2D eigenvalue weighted by Gasteiger charge is -2.03. The molecular weight excluding hydrogens is 182 g/mol. The zero-order valence-electron chi connectivity index (χ0n) is 8.57. The Morgan fingerprint density at radius 3 is 2.36 bits per heavy atom. The van der Waals surface area contributed by atoms with Crippen LogP contribution in [0.25, 0.3) is 0 Å². The molecule has 3 N–H and O–H groups in total. The molecule has 0 bridgehead atoms. The molecule has 0 heterocycles. The molecule has 0 aliphatic heterocycles. The zero-order valence-corrected chi connectivity index (χ0v) is 8.57. The van der Waals surface area contributed by atoms with Crippen molar-refractivity contribution in [1.82, 2.24) is 0 Å². The fraction of sp³-hybridized carbons (Fsp3) is 0.333. The molecule has 5 heteroatoms. The van der Waals surface area contributed by atoms with Crippen LogP contribution in [0.3, 0.4) is 0 Å². The number of nitrogens with two attached hydrogens (primary N) is 1. The van der Waals surface area contributed by atoms with E-state index in [1.165, 1.54) is 6.07 Å².